The van der Waals surface area contributed by atoms with Gasteiger partial charge in [-0.1, -0.05) is 31.5 Å². The van der Waals surface area contributed by atoms with Gasteiger partial charge in [0, 0.05) is 0 Å². The summed E-state index contributed by atoms with van der Waals surface area (Å²) in [5, 5.41) is 3.35. The van der Waals surface area contributed by atoms with Gasteiger partial charge in [0.25, 0.3) is 0 Å². The number of hydrogen-bond donors (Lipinski definition) is 1. The average Bonchev–Trinajstić information content (AvgIpc) is 2.20. The molecule has 0 bridgehead atoms. The summed E-state index contributed by atoms with van der Waals surface area (Å²) in [6.07, 6.45) is 1.99. The van der Waals surface area contributed by atoms with Crippen molar-refractivity contribution in [2.24, 2.45) is 5.41 Å². The lowest BCUT2D eigenvalue weighted by atomic mass is 9.83. The van der Waals surface area contributed by atoms with Crippen LogP contribution in [-0.4, -0.2) is 13.6 Å². The molecular formula is C13H19ClFN. The van der Waals surface area contributed by atoms with Gasteiger partial charge in [-0.2, -0.15) is 0 Å². The van der Waals surface area contributed by atoms with E-state index in [1.807, 2.05) is 13.1 Å². The predicted molar refractivity (Wildman–Crippen MR) is 67.4 cm³/mol. The molecule has 0 saturated heterocycles. The number of halogens is 2. The Morgan fingerprint density at radius 2 is 2.06 bits per heavy atom. The number of rotatable bonds is 5. The normalized spacial score (nSPS) is 11.8. The maximum atomic E-state index is 13.0. The van der Waals surface area contributed by atoms with Crippen molar-refractivity contribution in [2.75, 3.05) is 13.6 Å². The molecule has 16 heavy (non-hydrogen) atoms. The molecule has 0 aromatic heterocycles. The van der Waals surface area contributed by atoms with E-state index in [-0.39, 0.29) is 16.3 Å². The molecule has 1 N–H and O–H groups in total. The molecule has 0 aliphatic rings. The standard InChI is InChI=1S/C13H19ClFN/c1-13(2,6-7-16-3)9-10-4-5-12(15)11(14)8-10/h4-5,8,16H,6-7,9H2,1-3H3. The van der Waals surface area contributed by atoms with E-state index in [0.717, 1.165) is 24.9 Å². The van der Waals surface area contributed by atoms with E-state index in [1.165, 1.54) is 6.07 Å². The summed E-state index contributed by atoms with van der Waals surface area (Å²) >= 11 is 5.76. The van der Waals surface area contributed by atoms with Crippen molar-refractivity contribution in [1.29, 1.82) is 0 Å². The Kier molecular flexibility index (Phi) is 4.75. The van der Waals surface area contributed by atoms with Gasteiger partial charge in [-0.25, -0.2) is 4.39 Å². The van der Waals surface area contributed by atoms with Gasteiger partial charge in [0.2, 0.25) is 0 Å². The molecule has 0 unspecified atom stereocenters. The first-order chi connectivity index (χ1) is 7.44. The summed E-state index contributed by atoms with van der Waals surface area (Å²) in [6, 6.07) is 4.96. The fourth-order valence-corrected chi connectivity index (χ4v) is 1.96. The summed E-state index contributed by atoms with van der Waals surface area (Å²) in [4.78, 5) is 0. The highest BCUT2D eigenvalue weighted by Gasteiger charge is 2.18. The van der Waals surface area contributed by atoms with Crippen molar-refractivity contribution in [1.82, 2.24) is 5.32 Å². The fraction of sp³-hybridized carbons (Fsp3) is 0.538. The molecule has 1 rings (SSSR count). The molecule has 0 amide bonds. The summed E-state index contributed by atoms with van der Waals surface area (Å²) in [5.41, 5.74) is 1.29. The van der Waals surface area contributed by atoms with Crippen LogP contribution in [-0.2, 0) is 6.42 Å². The molecule has 0 aliphatic heterocycles. The predicted octanol–water partition coefficient (Wildman–Crippen LogP) is 3.66. The van der Waals surface area contributed by atoms with E-state index in [2.05, 4.69) is 19.2 Å². The van der Waals surface area contributed by atoms with E-state index >= 15 is 0 Å². The monoisotopic (exact) mass is 243 g/mol. The zero-order chi connectivity index (χ0) is 12.2. The minimum absolute atomic E-state index is 0.199. The third-order valence-corrected chi connectivity index (χ3v) is 3.01. The number of nitrogens with one attached hydrogen (secondary N) is 1. The summed E-state index contributed by atoms with van der Waals surface area (Å²) in [5.74, 6) is -0.349. The van der Waals surface area contributed by atoms with Crippen LogP contribution in [0.5, 0.6) is 0 Å². The summed E-state index contributed by atoms with van der Waals surface area (Å²) in [6.45, 7) is 5.41. The quantitative estimate of drug-likeness (QED) is 0.832. The Hall–Kier alpha value is -0.600. The Morgan fingerprint density at radius 3 is 2.62 bits per heavy atom. The van der Waals surface area contributed by atoms with Gasteiger partial charge in [0.05, 0.1) is 5.02 Å². The smallest absolute Gasteiger partial charge is 0.141 e. The topological polar surface area (TPSA) is 12.0 Å². The van der Waals surface area contributed by atoms with Gasteiger partial charge in [0.15, 0.2) is 0 Å². The molecule has 0 saturated carbocycles. The van der Waals surface area contributed by atoms with Crippen molar-refractivity contribution in [2.45, 2.75) is 26.7 Å². The van der Waals surface area contributed by atoms with Gasteiger partial charge < -0.3 is 5.32 Å². The molecule has 0 fully saturated rings. The van der Waals surface area contributed by atoms with Crippen LogP contribution in [0.3, 0.4) is 0 Å². The molecular weight excluding hydrogens is 225 g/mol. The van der Waals surface area contributed by atoms with Crippen LogP contribution in [0.15, 0.2) is 18.2 Å². The van der Waals surface area contributed by atoms with E-state index < -0.39 is 0 Å². The van der Waals surface area contributed by atoms with E-state index in [0.29, 0.717) is 0 Å². The second-order valence-corrected chi connectivity index (χ2v) is 5.35. The van der Waals surface area contributed by atoms with Crippen LogP contribution in [0.25, 0.3) is 0 Å². The van der Waals surface area contributed by atoms with Crippen LogP contribution < -0.4 is 5.32 Å². The molecule has 3 heteroatoms. The number of benzene rings is 1. The lowest BCUT2D eigenvalue weighted by molar-refractivity contribution is 0.329. The van der Waals surface area contributed by atoms with E-state index in [4.69, 9.17) is 11.6 Å². The van der Waals surface area contributed by atoms with Crippen molar-refractivity contribution in [3.05, 3.63) is 34.6 Å². The summed E-state index contributed by atoms with van der Waals surface area (Å²) < 4.78 is 13.0. The lowest BCUT2D eigenvalue weighted by Gasteiger charge is -2.24. The summed E-state index contributed by atoms with van der Waals surface area (Å²) in [7, 11) is 1.95. The average molecular weight is 244 g/mol. The van der Waals surface area contributed by atoms with Gasteiger partial charge in [-0.15, -0.1) is 0 Å². The molecule has 0 aliphatic carbocycles. The first-order valence-corrected chi connectivity index (χ1v) is 5.91. The van der Waals surface area contributed by atoms with Crippen LogP contribution in [0.2, 0.25) is 5.02 Å². The maximum Gasteiger partial charge on any atom is 0.141 e. The molecule has 0 atom stereocenters. The van der Waals surface area contributed by atoms with Crippen LogP contribution in [0.4, 0.5) is 4.39 Å². The molecule has 1 aromatic carbocycles. The van der Waals surface area contributed by atoms with Crippen LogP contribution >= 0.6 is 11.6 Å². The van der Waals surface area contributed by atoms with Crippen molar-refractivity contribution in [3.8, 4) is 0 Å². The minimum Gasteiger partial charge on any atom is -0.320 e. The Labute approximate surface area is 102 Å². The second kappa shape index (κ2) is 5.65. The third-order valence-electron chi connectivity index (χ3n) is 2.72. The lowest BCUT2D eigenvalue weighted by Crippen LogP contribution is -2.21. The van der Waals surface area contributed by atoms with Gasteiger partial charge in [-0.3, -0.25) is 0 Å². The van der Waals surface area contributed by atoms with Gasteiger partial charge >= 0.3 is 0 Å². The van der Waals surface area contributed by atoms with Gasteiger partial charge in [-0.05, 0) is 49.5 Å². The molecule has 1 aromatic rings. The Morgan fingerprint density at radius 1 is 1.38 bits per heavy atom. The molecule has 1 nitrogen and oxygen atoms in total. The third kappa shape index (κ3) is 4.11. The fourth-order valence-electron chi connectivity index (χ4n) is 1.75. The van der Waals surface area contributed by atoms with Crippen molar-refractivity contribution >= 4 is 11.6 Å². The van der Waals surface area contributed by atoms with E-state index in [9.17, 15) is 4.39 Å². The zero-order valence-corrected chi connectivity index (χ0v) is 10.9. The van der Waals surface area contributed by atoms with E-state index in [1.54, 1.807) is 6.07 Å². The van der Waals surface area contributed by atoms with Crippen LogP contribution in [0.1, 0.15) is 25.8 Å². The van der Waals surface area contributed by atoms with Crippen molar-refractivity contribution in [3.63, 3.8) is 0 Å². The number of hydrogen-bond acceptors (Lipinski definition) is 1. The second-order valence-electron chi connectivity index (χ2n) is 4.94. The first-order valence-electron chi connectivity index (χ1n) is 5.53. The highest BCUT2D eigenvalue weighted by atomic mass is 35.5. The SMILES string of the molecule is CNCCC(C)(C)Cc1ccc(F)c(Cl)c1. The van der Waals surface area contributed by atoms with Gasteiger partial charge in [0.1, 0.15) is 5.82 Å². The Balaban J connectivity index is 2.68. The zero-order valence-electron chi connectivity index (χ0n) is 10.1. The molecule has 0 spiro atoms. The highest BCUT2D eigenvalue weighted by Crippen LogP contribution is 2.27. The first kappa shape index (κ1) is 13.5. The molecule has 0 radical (unpaired) electrons. The van der Waals surface area contributed by atoms with Crippen LogP contribution in [0, 0.1) is 11.2 Å². The molecule has 90 valence electrons. The van der Waals surface area contributed by atoms with Crippen molar-refractivity contribution < 1.29 is 4.39 Å². The Bertz CT molecular complexity index is 350. The molecule has 0 heterocycles. The minimum atomic E-state index is -0.349. The largest absolute Gasteiger partial charge is 0.320 e. The highest BCUT2D eigenvalue weighted by molar-refractivity contribution is 6.30. The maximum absolute atomic E-state index is 13.0.